The van der Waals surface area contributed by atoms with E-state index in [9.17, 15) is 9.59 Å². The van der Waals surface area contributed by atoms with Gasteiger partial charge in [-0.1, -0.05) is 6.58 Å². The zero-order chi connectivity index (χ0) is 8.15. The largest absolute Gasteiger partial charge is 0.389 e. The van der Waals surface area contributed by atoms with Crippen molar-refractivity contribution in [2.75, 3.05) is 5.88 Å². The number of alkyl halides is 1. The molecule has 0 radical (unpaired) electrons. The molecule has 5 heteroatoms. The van der Waals surface area contributed by atoms with Gasteiger partial charge in [0.1, 0.15) is 5.88 Å². The first-order valence-electron chi connectivity index (χ1n) is 2.54. The van der Waals surface area contributed by atoms with Crippen LogP contribution in [0.1, 0.15) is 6.92 Å². The van der Waals surface area contributed by atoms with Crippen LogP contribution < -0.4 is 0 Å². The minimum Gasteiger partial charge on any atom is -0.389 e. The summed E-state index contributed by atoms with van der Waals surface area (Å²) in [7, 11) is 0. The first-order chi connectivity index (χ1) is 4.57. The molecule has 0 spiro atoms. The highest BCUT2D eigenvalue weighted by Gasteiger charge is 2.08. The van der Waals surface area contributed by atoms with Crippen LogP contribution in [0.25, 0.3) is 0 Å². The second-order valence-corrected chi connectivity index (χ2v) is 1.94. The van der Waals surface area contributed by atoms with Crippen LogP contribution in [0.5, 0.6) is 0 Å². The molecule has 0 heterocycles. The van der Waals surface area contributed by atoms with Crippen molar-refractivity contribution >= 4 is 46.6 Å². The van der Waals surface area contributed by atoms with Crippen molar-refractivity contribution in [3.8, 4) is 0 Å². The number of hydrogen-bond donors (Lipinski definition) is 0. The number of halogens is 1. The van der Waals surface area contributed by atoms with E-state index in [-0.39, 0.29) is 34.5 Å². The molecule has 0 aromatic heterocycles. The molecule has 0 rings (SSSR count). The molecule has 0 atom stereocenters. The molecule has 11 heavy (non-hydrogen) atoms. The van der Waals surface area contributed by atoms with Crippen molar-refractivity contribution in [3.05, 3.63) is 12.2 Å². The van der Waals surface area contributed by atoms with Crippen LogP contribution in [0.4, 0.5) is 0 Å². The Morgan fingerprint density at radius 2 is 2.00 bits per heavy atom. The molecular formula is C6H9ClMgO3. The Labute approximate surface area is 85.9 Å². The summed E-state index contributed by atoms with van der Waals surface area (Å²) < 4.78 is 4.15. The second-order valence-electron chi connectivity index (χ2n) is 1.68. The van der Waals surface area contributed by atoms with Gasteiger partial charge >= 0.3 is 35.0 Å². The molecule has 0 unspecified atom stereocenters. The zero-order valence-corrected chi connectivity index (χ0v) is 6.27. The summed E-state index contributed by atoms with van der Waals surface area (Å²) in [6.45, 7) is 4.72. The fourth-order valence-corrected chi connectivity index (χ4v) is 0.272. The predicted molar refractivity (Wildman–Crippen MR) is 45.2 cm³/mol. The van der Waals surface area contributed by atoms with Gasteiger partial charge in [0.2, 0.25) is 0 Å². The molecule has 3 nitrogen and oxygen atoms in total. The van der Waals surface area contributed by atoms with Crippen LogP contribution in [0.3, 0.4) is 0 Å². The molecule has 0 N–H and O–H groups in total. The number of rotatable bonds is 2. The van der Waals surface area contributed by atoms with Gasteiger partial charge in [0.05, 0.1) is 0 Å². The Balaban J connectivity index is 0. The maximum Gasteiger partial charge on any atom is 0.340 e. The second kappa shape index (κ2) is 6.63. The Hall–Kier alpha value is -0.0638. The van der Waals surface area contributed by atoms with Crippen molar-refractivity contribution in [1.82, 2.24) is 0 Å². The van der Waals surface area contributed by atoms with Crippen molar-refractivity contribution in [3.63, 3.8) is 0 Å². The molecule has 0 aliphatic rings. The fourth-order valence-electron chi connectivity index (χ4n) is 0.218. The molecule has 0 aliphatic heterocycles. The zero-order valence-electron chi connectivity index (χ0n) is 5.52. The Kier molecular flexibility index (Phi) is 8.15. The van der Waals surface area contributed by atoms with Gasteiger partial charge in [-0.15, -0.1) is 11.6 Å². The topological polar surface area (TPSA) is 43.4 Å². The molecule has 60 valence electrons. The lowest BCUT2D eigenvalue weighted by atomic mass is 10.4. The van der Waals surface area contributed by atoms with Gasteiger partial charge in [-0.05, 0) is 6.92 Å². The van der Waals surface area contributed by atoms with Crippen LogP contribution >= 0.6 is 11.6 Å². The van der Waals surface area contributed by atoms with Gasteiger partial charge in [0.25, 0.3) is 0 Å². The van der Waals surface area contributed by atoms with E-state index < -0.39 is 11.9 Å². The lowest BCUT2D eigenvalue weighted by Crippen LogP contribution is -2.13. The van der Waals surface area contributed by atoms with Crippen LogP contribution in [0.2, 0.25) is 0 Å². The molecular weight excluding hydrogens is 180 g/mol. The van der Waals surface area contributed by atoms with Gasteiger partial charge in [0, 0.05) is 5.57 Å². The summed E-state index contributed by atoms with van der Waals surface area (Å²) in [4.78, 5) is 20.8. The van der Waals surface area contributed by atoms with E-state index in [1.807, 2.05) is 0 Å². The fraction of sp³-hybridized carbons (Fsp3) is 0.333. The molecule has 0 aromatic rings. The minimum absolute atomic E-state index is 0. The van der Waals surface area contributed by atoms with E-state index in [0.29, 0.717) is 0 Å². The van der Waals surface area contributed by atoms with Crippen LogP contribution in [0, 0.1) is 0 Å². The summed E-state index contributed by atoms with van der Waals surface area (Å²) in [5.74, 6) is -1.81. The Morgan fingerprint density at radius 1 is 1.55 bits per heavy atom. The number of hydrogen-bond acceptors (Lipinski definition) is 3. The molecule has 0 aliphatic carbocycles. The van der Waals surface area contributed by atoms with Gasteiger partial charge in [-0.3, -0.25) is 4.79 Å². The summed E-state index contributed by atoms with van der Waals surface area (Å²) in [5, 5.41) is 0. The molecule has 0 saturated carbocycles. The van der Waals surface area contributed by atoms with E-state index in [4.69, 9.17) is 11.6 Å². The van der Waals surface area contributed by atoms with E-state index in [1.54, 1.807) is 0 Å². The maximum atomic E-state index is 10.5. The van der Waals surface area contributed by atoms with E-state index in [2.05, 4.69) is 11.3 Å². The highest BCUT2D eigenvalue weighted by atomic mass is 35.5. The van der Waals surface area contributed by atoms with Crippen molar-refractivity contribution in [2.24, 2.45) is 0 Å². The standard InChI is InChI=1S/C6H7ClO3.Mg.2H/c1-4(2)6(9)10-5(8)3-7;;;/h1,3H2,2H3;;;. The first kappa shape index (κ1) is 13.5. The predicted octanol–water partition coefficient (Wildman–Crippen LogP) is -0.0451. The number of ether oxygens (including phenoxy) is 1. The Morgan fingerprint density at radius 3 is 2.27 bits per heavy atom. The number of esters is 2. The lowest BCUT2D eigenvalue weighted by molar-refractivity contribution is -0.154. The molecule has 0 aromatic carbocycles. The molecule has 0 bridgehead atoms. The summed E-state index contributed by atoms with van der Waals surface area (Å²) in [6, 6.07) is 0. The highest BCUT2D eigenvalue weighted by Crippen LogP contribution is 1.93. The van der Waals surface area contributed by atoms with Gasteiger partial charge in [-0.25, -0.2) is 4.79 Å². The van der Waals surface area contributed by atoms with Crippen molar-refractivity contribution < 1.29 is 14.3 Å². The van der Waals surface area contributed by atoms with Crippen LogP contribution in [-0.2, 0) is 14.3 Å². The highest BCUT2D eigenvalue weighted by molar-refractivity contribution is 6.27. The normalized spacial score (nSPS) is 7.82. The lowest BCUT2D eigenvalue weighted by Gasteiger charge is -1.97. The van der Waals surface area contributed by atoms with Gasteiger partial charge in [0.15, 0.2) is 0 Å². The summed E-state index contributed by atoms with van der Waals surface area (Å²) >= 11 is 5.04. The molecule has 0 fully saturated rings. The van der Waals surface area contributed by atoms with Crippen molar-refractivity contribution in [1.29, 1.82) is 0 Å². The average Bonchev–Trinajstić information content (AvgIpc) is 1.87. The van der Waals surface area contributed by atoms with E-state index in [0.717, 1.165) is 0 Å². The number of carbonyl (C=O) groups is 2. The van der Waals surface area contributed by atoms with Gasteiger partial charge < -0.3 is 4.74 Å². The third-order valence-electron chi connectivity index (χ3n) is 0.664. The maximum absolute atomic E-state index is 10.5. The van der Waals surface area contributed by atoms with E-state index >= 15 is 0 Å². The molecule has 0 amide bonds. The first-order valence-corrected chi connectivity index (χ1v) is 3.08. The average molecular weight is 189 g/mol. The Bertz CT molecular complexity index is 179. The third kappa shape index (κ3) is 6.34. The number of carbonyl (C=O) groups excluding carboxylic acids is 2. The quantitative estimate of drug-likeness (QED) is 0.201. The molecule has 0 saturated heterocycles. The summed E-state index contributed by atoms with van der Waals surface area (Å²) in [5.41, 5.74) is 0.179. The monoisotopic (exact) mass is 188 g/mol. The van der Waals surface area contributed by atoms with Crippen molar-refractivity contribution in [2.45, 2.75) is 6.92 Å². The minimum atomic E-state index is -0.755. The smallest absolute Gasteiger partial charge is 0.340 e. The van der Waals surface area contributed by atoms with Gasteiger partial charge in [-0.2, -0.15) is 0 Å². The van der Waals surface area contributed by atoms with E-state index in [1.165, 1.54) is 6.92 Å². The third-order valence-corrected chi connectivity index (χ3v) is 0.882. The van der Waals surface area contributed by atoms with Crippen LogP contribution in [-0.4, -0.2) is 40.9 Å². The summed E-state index contributed by atoms with van der Waals surface area (Å²) in [6.07, 6.45) is 0. The van der Waals surface area contributed by atoms with Crippen LogP contribution in [0.15, 0.2) is 12.2 Å². The SMILES string of the molecule is C=C(C)C(=O)OC(=O)CCl.[MgH2].